The second kappa shape index (κ2) is 15.5. The second-order valence-electron chi connectivity index (χ2n) is 5.56. The Labute approximate surface area is 120 Å². The predicted molar refractivity (Wildman–Crippen MR) is 85.5 cm³/mol. The molecule has 0 aliphatic rings. The average molecular weight is 266 g/mol. The van der Waals surface area contributed by atoms with Crippen LogP contribution in [0.5, 0.6) is 0 Å². The van der Waals surface area contributed by atoms with Crippen LogP contribution in [0.3, 0.4) is 0 Å². The van der Waals surface area contributed by atoms with Crippen molar-refractivity contribution in [1.29, 1.82) is 0 Å². The van der Waals surface area contributed by atoms with Crippen molar-refractivity contribution in [1.82, 2.24) is 0 Å². The highest BCUT2D eigenvalue weighted by atomic mass is 16.1. The Morgan fingerprint density at radius 1 is 0.684 bits per heavy atom. The summed E-state index contributed by atoms with van der Waals surface area (Å²) in [7, 11) is 0. The SMILES string of the molecule is CCCC/C=C\CCC(=O)CCCCCCCCC. The van der Waals surface area contributed by atoms with Gasteiger partial charge in [-0.1, -0.05) is 77.4 Å². The van der Waals surface area contributed by atoms with Gasteiger partial charge in [0.15, 0.2) is 0 Å². The number of hydrogen-bond donors (Lipinski definition) is 0. The van der Waals surface area contributed by atoms with Crippen molar-refractivity contribution in [2.45, 2.75) is 97.3 Å². The highest BCUT2D eigenvalue weighted by Gasteiger charge is 2.00. The smallest absolute Gasteiger partial charge is 0.133 e. The minimum Gasteiger partial charge on any atom is -0.300 e. The molecule has 0 aromatic heterocycles. The predicted octanol–water partition coefficient (Wildman–Crippen LogP) is 6.22. The molecule has 0 rings (SSSR count). The summed E-state index contributed by atoms with van der Waals surface area (Å²) in [6.07, 6.45) is 19.6. The van der Waals surface area contributed by atoms with Crippen molar-refractivity contribution in [2.75, 3.05) is 0 Å². The highest BCUT2D eigenvalue weighted by molar-refractivity contribution is 5.78. The fraction of sp³-hybridized carbons (Fsp3) is 0.833. The molecule has 0 bridgehead atoms. The van der Waals surface area contributed by atoms with Crippen LogP contribution in [0, 0.1) is 0 Å². The third kappa shape index (κ3) is 15.4. The molecule has 112 valence electrons. The van der Waals surface area contributed by atoms with Crippen LogP contribution in [0.4, 0.5) is 0 Å². The first kappa shape index (κ1) is 18.4. The van der Waals surface area contributed by atoms with Gasteiger partial charge in [0.2, 0.25) is 0 Å². The summed E-state index contributed by atoms with van der Waals surface area (Å²) in [5.41, 5.74) is 0. The van der Waals surface area contributed by atoms with Crippen LogP contribution in [-0.2, 0) is 4.79 Å². The number of carbonyl (C=O) groups excluding carboxylic acids is 1. The van der Waals surface area contributed by atoms with Crippen molar-refractivity contribution >= 4 is 5.78 Å². The summed E-state index contributed by atoms with van der Waals surface area (Å²) in [5.74, 6) is 0.452. The Kier molecular flexibility index (Phi) is 15.0. The zero-order valence-electron chi connectivity index (χ0n) is 13.3. The van der Waals surface area contributed by atoms with E-state index in [2.05, 4.69) is 26.0 Å². The molecule has 0 spiro atoms. The van der Waals surface area contributed by atoms with Crippen LogP contribution in [0.2, 0.25) is 0 Å². The normalized spacial score (nSPS) is 11.3. The molecule has 19 heavy (non-hydrogen) atoms. The molecule has 0 heterocycles. The largest absolute Gasteiger partial charge is 0.300 e. The van der Waals surface area contributed by atoms with Gasteiger partial charge in [0, 0.05) is 12.8 Å². The number of unbranched alkanes of at least 4 members (excludes halogenated alkanes) is 8. The molecule has 0 aliphatic carbocycles. The lowest BCUT2D eigenvalue weighted by molar-refractivity contribution is -0.119. The molecular formula is C18H34O. The topological polar surface area (TPSA) is 17.1 Å². The van der Waals surface area contributed by atoms with Crippen molar-refractivity contribution < 1.29 is 4.79 Å². The van der Waals surface area contributed by atoms with Crippen molar-refractivity contribution in [3.8, 4) is 0 Å². The van der Waals surface area contributed by atoms with Crippen molar-refractivity contribution in [3.63, 3.8) is 0 Å². The number of allylic oxidation sites excluding steroid dienone is 2. The van der Waals surface area contributed by atoms with Gasteiger partial charge in [0.25, 0.3) is 0 Å². The van der Waals surface area contributed by atoms with E-state index in [1.54, 1.807) is 0 Å². The third-order valence-electron chi connectivity index (χ3n) is 3.54. The van der Waals surface area contributed by atoms with Gasteiger partial charge in [-0.15, -0.1) is 0 Å². The maximum atomic E-state index is 11.6. The van der Waals surface area contributed by atoms with Gasteiger partial charge >= 0.3 is 0 Å². The Bertz CT molecular complexity index is 218. The molecule has 0 saturated carbocycles. The number of ketones is 1. The molecule has 0 N–H and O–H groups in total. The number of hydrogen-bond acceptors (Lipinski definition) is 1. The monoisotopic (exact) mass is 266 g/mol. The zero-order chi connectivity index (χ0) is 14.2. The Balaban J connectivity index is 3.23. The maximum absolute atomic E-state index is 11.6. The summed E-state index contributed by atoms with van der Waals surface area (Å²) >= 11 is 0. The molecule has 0 unspecified atom stereocenters. The van der Waals surface area contributed by atoms with Crippen molar-refractivity contribution in [3.05, 3.63) is 12.2 Å². The van der Waals surface area contributed by atoms with E-state index in [0.29, 0.717) is 5.78 Å². The lowest BCUT2D eigenvalue weighted by Gasteiger charge is -2.01. The molecule has 1 nitrogen and oxygen atoms in total. The zero-order valence-corrected chi connectivity index (χ0v) is 13.3. The second-order valence-corrected chi connectivity index (χ2v) is 5.56. The standard InChI is InChI=1S/C18H34O/c1-3-5-7-9-11-13-15-17-18(19)16-14-12-10-8-6-4-2/h10,12H,3-9,11,13-17H2,1-2H3/b12-10-. The highest BCUT2D eigenvalue weighted by Crippen LogP contribution is 2.10. The first-order valence-corrected chi connectivity index (χ1v) is 8.48. The molecule has 1 heteroatoms. The van der Waals surface area contributed by atoms with Gasteiger partial charge < -0.3 is 0 Å². The first-order chi connectivity index (χ1) is 9.31. The van der Waals surface area contributed by atoms with Crippen LogP contribution < -0.4 is 0 Å². The van der Waals surface area contributed by atoms with E-state index in [1.165, 1.54) is 57.8 Å². The Morgan fingerprint density at radius 3 is 1.95 bits per heavy atom. The van der Waals surface area contributed by atoms with E-state index >= 15 is 0 Å². The van der Waals surface area contributed by atoms with Gasteiger partial charge in [-0.05, 0) is 19.3 Å². The molecule has 0 aromatic carbocycles. The van der Waals surface area contributed by atoms with Gasteiger partial charge in [0.05, 0.1) is 0 Å². The summed E-state index contributed by atoms with van der Waals surface area (Å²) in [6, 6.07) is 0. The van der Waals surface area contributed by atoms with Gasteiger partial charge in [-0.2, -0.15) is 0 Å². The minimum atomic E-state index is 0.452. The molecule has 0 fully saturated rings. The fourth-order valence-electron chi connectivity index (χ4n) is 2.21. The minimum absolute atomic E-state index is 0.452. The van der Waals surface area contributed by atoms with Gasteiger partial charge in [-0.3, -0.25) is 4.79 Å². The quantitative estimate of drug-likeness (QED) is 0.269. The summed E-state index contributed by atoms with van der Waals surface area (Å²) in [4.78, 5) is 11.6. The van der Waals surface area contributed by atoms with E-state index in [4.69, 9.17) is 0 Å². The summed E-state index contributed by atoms with van der Waals surface area (Å²) in [5, 5.41) is 0. The molecule has 0 aromatic rings. The fourth-order valence-corrected chi connectivity index (χ4v) is 2.21. The maximum Gasteiger partial charge on any atom is 0.133 e. The third-order valence-corrected chi connectivity index (χ3v) is 3.54. The lowest BCUT2D eigenvalue weighted by Crippen LogP contribution is -1.96. The molecule has 0 aliphatic heterocycles. The van der Waals surface area contributed by atoms with Crippen LogP contribution in [0.25, 0.3) is 0 Å². The molecular weight excluding hydrogens is 232 g/mol. The molecule has 0 amide bonds. The first-order valence-electron chi connectivity index (χ1n) is 8.48. The Hall–Kier alpha value is -0.590. The number of Topliss-reactive ketones (excluding diaryl/α,β-unsaturated/α-hetero) is 1. The molecule has 0 atom stereocenters. The van der Waals surface area contributed by atoms with E-state index in [-0.39, 0.29) is 0 Å². The Morgan fingerprint density at radius 2 is 1.26 bits per heavy atom. The van der Waals surface area contributed by atoms with E-state index < -0.39 is 0 Å². The summed E-state index contributed by atoms with van der Waals surface area (Å²) < 4.78 is 0. The van der Waals surface area contributed by atoms with E-state index in [9.17, 15) is 4.79 Å². The van der Waals surface area contributed by atoms with Crippen LogP contribution in [0.1, 0.15) is 97.3 Å². The molecule has 0 saturated heterocycles. The van der Waals surface area contributed by atoms with Crippen LogP contribution >= 0.6 is 0 Å². The van der Waals surface area contributed by atoms with Gasteiger partial charge in [-0.25, -0.2) is 0 Å². The van der Waals surface area contributed by atoms with Crippen LogP contribution in [-0.4, -0.2) is 5.78 Å². The number of carbonyl (C=O) groups is 1. The summed E-state index contributed by atoms with van der Waals surface area (Å²) in [6.45, 7) is 4.45. The number of rotatable bonds is 14. The lowest BCUT2D eigenvalue weighted by atomic mass is 10.0. The van der Waals surface area contributed by atoms with E-state index in [0.717, 1.165) is 25.7 Å². The van der Waals surface area contributed by atoms with Crippen molar-refractivity contribution in [2.24, 2.45) is 0 Å². The van der Waals surface area contributed by atoms with Crippen LogP contribution in [0.15, 0.2) is 12.2 Å². The van der Waals surface area contributed by atoms with E-state index in [1.807, 2.05) is 0 Å². The molecule has 0 radical (unpaired) electrons. The van der Waals surface area contributed by atoms with Gasteiger partial charge in [0.1, 0.15) is 5.78 Å². The average Bonchev–Trinajstić information content (AvgIpc) is 2.41.